The predicted molar refractivity (Wildman–Crippen MR) is 78.5 cm³/mol. The van der Waals surface area contributed by atoms with Gasteiger partial charge in [-0.15, -0.1) is 0 Å². The summed E-state index contributed by atoms with van der Waals surface area (Å²) in [6.07, 6.45) is 5.83. The van der Waals surface area contributed by atoms with Gasteiger partial charge in [0.15, 0.2) is 0 Å². The van der Waals surface area contributed by atoms with E-state index in [2.05, 4.69) is 10.3 Å². The predicted octanol–water partition coefficient (Wildman–Crippen LogP) is 2.93. The summed E-state index contributed by atoms with van der Waals surface area (Å²) in [4.78, 5) is 16.1. The maximum atomic E-state index is 12.0. The number of nitrogens with one attached hydrogen (secondary N) is 1. The Labute approximate surface area is 120 Å². The third-order valence-electron chi connectivity index (χ3n) is 3.62. The van der Waals surface area contributed by atoms with Gasteiger partial charge in [0.25, 0.3) is 0 Å². The highest BCUT2D eigenvalue weighted by Gasteiger charge is 2.27. The van der Waals surface area contributed by atoms with Crippen LogP contribution < -0.4 is 10.1 Å². The second-order valence-electron chi connectivity index (χ2n) is 6.48. The monoisotopic (exact) mass is 276 g/mol. The average molecular weight is 276 g/mol. The van der Waals surface area contributed by atoms with Crippen LogP contribution in [0.15, 0.2) is 24.4 Å². The molecule has 0 spiro atoms. The van der Waals surface area contributed by atoms with Crippen LogP contribution in [0.2, 0.25) is 0 Å². The molecule has 1 saturated carbocycles. The first-order valence-electron chi connectivity index (χ1n) is 7.34. The number of ether oxygens (including phenoxy) is 1. The Balaban J connectivity index is 1.77. The number of pyridine rings is 1. The van der Waals surface area contributed by atoms with Gasteiger partial charge < -0.3 is 10.1 Å². The molecule has 0 aromatic carbocycles. The van der Waals surface area contributed by atoms with Crippen LogP contribution in [0.5, 0.6) is 5.88 Å². The molecule has 1 aliphatic carbocycles. The summed E-state index contributed by atoms with van der Waals surface area (Å²) in [5, 5.41) is 3.13. The summed E-state index contributed by atoms with van der Waals surface area (Å²) >= 11 is 0. The standard InChI is InChI=1S/C16H24N2O2/c1-16(2,3)15(19)18-12-7-9-13(10-8-12)20-14-6-4-5-11-17-14/h4-6,11-13H,7-10H2,1-3H3,(H,18,19). The van der Waals surface area contributed by atoms with Crippen molar-refractivity contribution in [1.29, 1.82) is 0 Å². The van der Waals surface area contributed by atoms with E-state index in [1.165, 1.54) is 0 Å². The average Bonchev–Trinajstić information content (AvgIpc) is 2.41. The summed E-state index contributed by atoms with van der Waals surface area (Å²) in [7, 11) is 0. The molecule has 0 unspecified atom stereocenters. The molecule has 0 radical (unpaired) electrons. The van der Waals surface area contributed by atoms with E-state index in [0.29, 0.717) is 5.88 Å². The molecule has 20 heavy (non-hydrogen) atoms. The maximum absolute atomic E-state index is 12.0. The van der Waals surface area contributed by atoms with Crippen molar-refractivity contribution in [3.05, 3.63) is 24.4 Å². The molecule has 0 bridgehead atoms. The molecule has 1 fully saturated rings. The summed E-state index contributed by atoms with van der Waals surface area (Å²) in [5.74, 6) is 0.821. The molecule has 4 nitrogen and oxygen atoms in total. The normalized spacial score (nSPS) is 23.1. The third-order valence-corrected chi connectivity index (χ3v) is 3.62. The van der Waals surface area contributed by atoms with Crippen molar-refractivity contribution in [3.8, 4) is 5.88 Å². The van der Waals surface area contributed by atoms with Crippen molar-refractivity contribution in [2.24, 2.45) is 5.41 Å². The minimum absolute atomic E-state index is 0.131. The van der Waals surface area contributed by atoms with Crippen LogP contribution in [0, 0.1) is 5.41 Å². The van der Waals surface area contributed by atoms with Gasteiger partial charge in [0.2, 0.25) is 11.8 Å². The second kappa shape index (κ2) is 6.25. The zero-order valence-corrected chi connectivity index (χ0v) is 12.6. The molecule has 1 aliphatic rings. The molecule has 0 aliphatic heterocycles. The van der Waals surface area contributed by atoms with Gasteiger partial charge >= 0.3 is 0 Å². The van der Waals surface area contributed by atoms with E-state index in [9.17, 15) is 4.79 Å². The SMILES string of the molecule is CC(C)(C)C(=O)NC1CCC(Oc2ccccn2)CC1. The van der Waals surface area contributed by atoms with E-state index in [-0.39, 0.29) is 23.5 Å². The van der Waals surface area contributed by atoms with Crippen molar-refractivity contribution in [2.75, 3.05) is 0 Å². The van der Waals surface area contributed by atoms with Crippen LogP contribution in [0.4, 0.5) is 0 Å². The first-order chi connectivity index (χ1) is 9.45. The van der Waals surface area contributed by atoms with E-state index in [0.717, 1.165) is 25.7 Å². The van der Waals surface area contributed by atoms with Crippen molar-refractivity contribution in [1.82, 2.24) is 10.3 Å². The van der Waals surface area contributed by atoms with Crippen LogP contribution in [0.1, 0.15) is 46.5 Å². The number of hydrogen-bond acceptors (Lipinski definition) is 3. The number of nitrogens with zero attached hydrogens (tertiary/aromatic N) is 1. The molecular weight excluding hydrogens is 252 g/mol. The van der Waals surface area contributed by atoms with Crippen LogP contribution in [-0.2, 0) is 4.79 Å². The molecule has 1 heterocycles. The van der Waals surface area contributed by atoms with Gasteiger partial charge in [0.05, 0.1) is 0 Å². The Bertz CT molecular complexity index is 432. The Hall–Kier alpha value is -1.58. The van der Waals surface area contributed by atoms with Crippen molar-refractivity contribution in [3.63, 3.8) is 0 Å². The number of carbonyl (C=O) groups is 1. The fourth-order valence-electron chi connectivity index (χ4n) is 2.31. The molecule has 110 valence electrons. The zero-order chi connectivity index (χ0) is 14.6. The molecular formula is C16H24N2O2. The van der Waals surface area contributed by atoms with E-state index in [4.69, 9.17) is 4.74 Å². The highest BCUT2D eigenvalue weighted by molar-refractivity contribution is 5.81. The first-order valence-corrected chi connectivity index (χ1v) is 7.34. The van der Waals surface area contributed by atoms with Gasteiger partial charge in [-0.3, -0.25) is 4.79 Å². The molecule has 1 aromatic rings. The van der Waals surface area contributed by atoms with Crippen molar-refractivity contribution in [2.45, 2.75) is 58.6 Å². The third kappa shape index (κ3) is 4.22. The topological polar surface area (TPSA) is 51.2 Å². The van der Waals surface area contributed by atoms with Gasteiger partial charge in [0, 0.05) is 23.7 Å². The number of hydrogen-bond donors (Lipinski definition) is 1. The number of aromatic nitrogens is 1. The second-order valence-corrected chi connectivity index (χ2v) is 6.48. The fraction of sp³-hybridized carbons (Fsp3) is 0.625. The van der Waals surface area contributed by atoms with Gasteiger partial charge in [-0.25, -0.2) is 4.98 Å². The lowest BCUT2D eigenvalue weighted by Gasteiger charge is -2.31. The van der Waals surface area contributed by atoms with Gasteiger partial charge in [-0.2, -0.15) is 0 Å². The highest BCUT2D eigenvalue weighted by Crippen LogP contribution is 2.24. The molecule has 4 heteroatoms. The van der Waals surface area contributed by atoms with E-state index in [1.807, 2.05) is 39.0 Å². The Morgan fingerprint density at radius 1 is 1.25 bits per heavy atom. The quantitative estimate of drug-likeness (QED) is 0.923. The lowest BCUT2D eigenvalue weighted by molar-refractivity contribution is -0.129. The largest absolute Gasteiger partial charge is 0.474 e. The maximum Gasteiger partial charge on any atom is 0.225 e. The van der Waals surface area contributed by atoms with E-state index in [1.54, 1.807) is 6.20 Å². The summed E-state index contributed by atoms with van der Waals surface area (Å²) in [6.45, 7) is 5.83. The summed E-state index contributed by atoms with van der Waals surface area (Å²) in [5.41, 5.74) is -0.318. The molecule has 1 N–H and O–H groups in total. The zero-order valence-electron chi connectivity index (χ0n) is 12.6. The molecule has 1 amide bonds. The minimum Gasteiger partial charge on any atom is -0.474 e. The minimum atomic E-state index is -0.318. The Morgan fingerprint density at radius 3 is 2.50 bits per heavy atom. The summed E-state index contributed by atoms with van der Waals surface area (Å²) < 4.78 is 5.85. The lowest BCUT2D eigenvalue weighted by Crippen LogP contribution is -2.44. The molecule has 1 aromatic heterocycles. The van der Waals surface area contributed by atoms with Gasteiger partial charge in [-0.1, -0.05) is 26.8 Å². The number of rotatable bonds is 3. The lowest BCUT2D eigenvalue weighted by atomic mass is 9.90. The smallest absolute Gasteiger partial charge is 0.225 e. The van der Waals surface area contributed by atoms with E-state index >= 15 is 0 Å². The van der Waals surface area contributed by atoms with Crippen molar-refractivity contribution < 1.29 is 9.53 Å². The van der Waals surface area contributed by atoms with Crippen LogP contribution in [-0.4, -0.2) is 23.0 Å². The Kier molecular flexibility index (Phi) is 4.63. The van der Waals surface area contributed by atoms with Crippen LogP contribution in [0.25, 0.3) is 0 Å². The van der Waals surface area contributed by atoms with Crippen LogP contribution >= 0.6 is 0 Å². The van der Waals surface area contributed by atoms with Gasteiger partial charge in [-0.05, 0) is 31.7 Å². The van der Waals surface area contributed by atoms with E-state index < -0.39 is 0 Å². The summed E-state index contributed by atoms with van der Waals surface area (Å²) in [6, 6.07) is 5.97. The van der Waals surface area contributed by atoms with Crippen LogP contribution in [0.3, 0.4) is 0 Å². The van der Waals surface area contributed by atoms with Gasteiger partial charge in [0.1, 0.15) is 6.10 Å². The highest BCUT2D eigenvalue weighted by atomic mass is 16.5. The molecule has 0 atom stereocenters. The van der Waals surface area contributed by atoms with Crippen molar-refractivity contribution >= 4 is 5.91 Å². The fourth-order valence-corrected chi connectivity index (χ4v) is 2.31. The Morgan fingerprint density at radius 2 is 1.95 bits per heavy atom. The molecule has 2 rings (SSSR count). The number of amides is 1. The molecule has 0 saturated heterocycles. The number of carbonyl (C=O) groups excluding carboxylic acids is 1. The first kappa shape index (κ1) is 14.8.